The maximum Gasteiger partial charge on any atom is 0.192 e. The number of hydrogen-bond acceptors (Lipinski definition) is 7. The molecule has 0 saturated heterocycles. The fourth-order valence-electron chi connectivity index (χ4n) is 3.57. The molecule has 0 aliphatic carbocycles. The van der Waals surface area contributed by atoms with E-state index < -0.39 is 0 Å². The maximum absolute atomic E-state index is 13.0. The summed E-state index contributed by atoms with van der Waals surface area (Å²) >= 11 is 1.38. The van der Waals surface area contributed by atoms with Gasteiger partial charge in [0.2, 0.25) is 0 Å². The van der Waals surface area contributed by atoms with Crippen molar-refractivity contribution in [3.05, 3.63) is 84.2 Å². The number of ether oxygens (including phenoxy) is 2. The number of hydrogen-bond donors (Lipinski definition) is 0. The van der Waals surface area contributed by atoms with E-state index in [2.05, 4.69) is 27.3 Å². The average Bonchev–Trinajstić information content (AvgIpc) is 3.10. The molecule has 0 saturated carbocycles. The molecular formula is C25H22N4O3S. The van der Waals surface area contributed by atoms with Gasteiger partial charge in [-0.2, -0.15) is 0 Å². The smallest absolute Gasteiger partial charge is 0.192 e. The molecule has 5 rings (SSSR count). The van der Waals surface area contributed by atoms with Gasteiger partial charge in [-0.05, 0) is 35.9 Å². The maximum atomic E-state index is 13.0. The summed E-state index contributed by atoms with van der Waals surface area (Å²) in [5.41, 5.74) is 2.65. The zero-order chi connectivity index (χ0) is 22.5. The summed E-state index contributed by atoms with van der Waals surface area (Å²) in [6, 6.07) is 19.3. The lowest BCUT2D eigenvalue weighted by atomic mass is 10.1. The largest absolute Gasteiger partial charge is 0.490 e. The number of carbonyl (C=O) groups is 1. The molecule has 0 unspecified atom stereocenters. The van der Waals surface area contributed by atoms with Gasteiger partial charge in [0.15, 0.2) is 28.3 Å². The molecule has 33 heavy (non-hydrogen) atoms. The van der Waals surface area contributed by atoms with Crippen LogP contribution in [0, 0.1) is 0 Å². The van der Waals surface area contributed by atoms with Gasteiger partial charge >= 0.3 is 0 Å². The monoisotopic (exact) mass is 458 g/mol. The van der Waals surface area contributed by atoms with Crippen LogP contribution in [-0.4, -0.2) is 44.5 Å². The van der Waals surface area contributed by atoms with Crippen LogP contribution in [0.2, 0.25) is 0 Å². The molecule has 1 aliphatic heterocycles. The molecule has 166 valence electrons. The van der Waals surface area contributed by atoms with Crippen molar-refractivity contribution in [1.29, 1.82) is 0 Å². The molecule has 0 bridgehead atoms. The standard InChI is InChI=1S/C25H22N4O3S/c30-21(20-7-8-22-23(15-20)32-14-4-13-31-22)17-33-25-28-27-24(19-9-11-26-12-10-19)29(25)16-18-5-2-1-3-6-18/h1-3,5-12,15H,4,13-14,16-17H2. The molecule has 0 atom stereocenters. The van der Waals surface area contributed by atoms with Gasteiger partial charge in [0.25, 0.3) is 0 Å². The summed E-state index contributed by atoms with van der Waals surface area (Å²) in [6.45, 7) is 1.80. The Labute approximate surface area is 195 Å². The van der Waals surface area contributed by atoms with E-state index in [0.29, 0.717) is 42.0 Å². The number of ketones is 1. The minimum atomic E-state index is -0.00429. The number of aromatic nitrogens is 4. The van der Waals surface area contributed by atoms with E-state index >= 15 is 0 Å². The van der Waals surface area contributed by atoms with Crippen LogP contribution in [0.3, 0.4) is 0 Å². The van der Waals surface area contributed by atoms with Crippen LogP contribution in [-0.2, 0) is 6.54 Å². The van der Waals surface area contributed by atoms with Crippen LogP contribution in [0.5, 0.6) is 11.5 Å². The second-order valence-electron chi connectivity index (χ2n) is 7.54. The molecular weight excluding hydrogens is 436 g/mol. The first kappa shape index (κ1) is 21.2. The molecule has 2 aromatic carbocycles. The van der Waals surface area contributed by atoms with Crippen LogP contribution in [0.1, 0.15) is 22.3 Å². The highest BCUT2D eigenvalue weighted by molar-refractivity contribution is 7.99. The topological polar surface area (TPSA) is 79.1 Å². The molecule has 7 nitrogen and oxygen atoms in total. The number of carbonyl (C=O) groups excluding carboxylic acids is 1. The van der Waals surface area contributed by atoms with Crippen LogP contribution < -0.4 is 9.47 Å². The Kier molecular flexibility index (Phi) is 6.34. The summed E-state index contributed by atoms with van der Waals surface area (Å²) < 4.78 is 13.4. The van der Waals surface area contributed by atoms with E-state index in [1.807, 2.05) is 34.9 Å². The van der Waals surface area contributed by atoms with E-state index in [1.165, 1.54) is 11.8 Å². The fraction of sp³-hybridized carbons (Fsp3) is 0.200. The second kappa shape index (κ2) is 9.87. The Morgan fingerprint density at radius 2 is 1.73 bits per heavy atom. The number of nitrogens with zero attached hydrogens (tertiary/aromatic N) is 4. The number of thioether (sulfide) groups is 1. The lowest BCUT2D eigenvalue weighted by Crippen LogP contribution is -2.07. The lowest BCUT2D eigenvalue weighted by Gasteiger charge is -2.11. The summed E-state index contributed by atoms with van der Waals surface area (Å²) in [4.78, 5) is 17.0. The Morgan fingerprint density at radius 1 is 0.939 bits per heavy atom. The summed E-state index contributed by atoms with van der Waals surface area (Å²) in [7, 11) is 0. The van der Waals surface area contributed by atoms with E-state index in [-0.39, 0.29) is 11.5 Å². The lowest BCUT2D eigenvalue weighted by molar-refractivity contribution is 0.102. The summed E-state index contributed by atoms with van der Waals surface area (Å²) in [6.07, 6.45) is 4.29. The Hall–Kier alpha value is -3.65. The first-order valence-electron chi connectivity index (χ1n) is 10.7. The van der Waals surface area contributed by atoms with Crippen molar-refractivity contribution >= 4 is 17.5 Å². The number of benzene rings is 2. The average molecular weight is 459 g/mol. The highest BCUT2D eigenvalue weighted by Crippen LogP contribution is 2.31. The number of fused-ring (bicyclic) bond motifs is 1. The second-order valence-corrected chi connectivity index (χ2v) is 8.48. The van der Waals surface area contributed by atoms with Crippen molar-refractivity contribution in [2.24, 2.45) is 0 Å². The molecule has 0 amide bonds. The summed E-state index contributed by atoms with van der Waals surface area (Å²) in [5.74, 6) is 2.28. The Bertz CT molecular complexity index is 1250. The van der Waals surface area contributed by atoms with Crippen LogP contribution in [0.25, 0.3) is 11.4 Å². The van der Waals surface area contributed by atoms with Crippen LogP contribution in [0.15, 0.2) is 78.2 Å². The third-order valence-corrected chi connectivity index (χ3v) is 6.21. The van der Waals surface area contributed by atoms with E-state index in [4.69, 9.17) is 9.47 Å². The van der Waals surface area contributed by atoms with Gasteiger partial charge in [-0.25, -0.2) is 0 Å². The van der Waals surface area contributed by atoms with Crippen molar-refractivity contribution in [1.82, 2.24) is 19.7 Å². The van der Waals surface area contributed by atoms with Gasteiger partial charge in [-0.3, -0.25) is 14.3 Å². The quantitative estimate of drug-likeness (QED) is 0.297. The normalized spacial score (nSPS) is 12.8. The highest BCUT2D eigenvalue weighted by Gasteiger charge is 2.18. The molecule has 0 N–H and O–H groups in total. The minimum Gasteiger partial charge on any atom is -0.490 e. The third kappa shape index (κ3) is 4.90. The third-order valence-electron chi connectivity index (χ3n) is 5.24. The Morgan fingerprint density at radius 3 is 2.55 bits per heavy atom. The van der Waals surface area contributed by atoms with E-state index in [1.54, 1.807) is 30.6 Å². The van der Waals surface area contributed by atoms with Crippen LogP contribution in [0.4, 0.5) is 0 Å². The van der Waals surface area contributed by atoms with Gasteiger partial charge < -0.3 is 9.47 Å². The highest BCUT2D eigenvalue weighted by atomic mass is 32.2. The Balaban J connectivity index is 1.37. The molecule has 0 spiro atoms. The molecule has 4 aromatic rings. The van der Waals surface area contributed by atoms with Crippen molar-refractivity contribution in [3.63, 3.8) is 0 Å². The predicted octanol–water partition coefficient (Wildman–Crippen LogP) is 4.52. The predicted molar refractivity (Wildman–Crippen MR) is 126 cm³/mol. The van der Waals surface area contributed by atoms with Gasteiger partial charge in [-0.15, -0.1) is 10.2 Å². The van der Waals surface area contributed by atoms with Gasteiger partial charge in [-0.1, -0.05) is 42.1 Å². The minimum absolute atomic E-state index is 0.00429. The van der Waals surface area contributed by atoms with Crippen molar-refractivity contribution in [2.75, 3.05) is 19.0 Å². The fourth-order valence-corrected chi connectivity index (χ4v) is 4.40. The van der Waals surface area contributed by atoms with Gasteiger partial charge in [0.1, 0.15) is 0 Å². The van der Waals surface area contributed by atoms with Crippen molar-refractivity contribution < 1.29 is 14.3 Å². The van der Waals surface area contributed by atoms with E-state index in [0.717, 1.165) is 23.4 Å². The zero-order valence-corrected chi connectivity index (χ0v) is 18.7. The number of rotatable bonds is 7. The van der Waals surface area contributed by atoms with Crippen LogP contribution >= 0.6 is 11.8 Å². The summed E-state index contributed by atoms with van der Waals surface area (Å²) in [5, 5.41) is 9.50. The molecule has 2 aromatic heterocycles. The first-order chi connectivity index (χ1) is 16.3. The molecule has 0 fully saturated rings. The SMILES string of the molecule is O=C(CSc1nnc(-c2ccncc2)n1Cc1ccccc1)c1ccc2c(c1)OCCCO2. The zero-order valence-electron chi connectivity index (χ0n) is 17.9. The molecule has 8 heteroatoms. The van der Waals surface area contributed by atoms with Crippen molar-refractivity contribution in [3.8, 4) is 22.9 Å². The first-order valence-corrected chi connectivity index (χ1v) is 11.7. The van der Waals surface area contributed by atoms with E-state index in [9.17, 15) is 4.79 Å². The number of pyridine rings is 1. The van der Waals surface area contributed by atoms with Gasteiger partial charge in [0.05, 0.1) is 25.5 Å². The molecule has 1 aliphatic rings. The number of Topliss-reactive ketones (excluding diaryl/α,β-unsaturated/α-hetero) is 1. The van der Waals surface area contributed by atoms with Crippen molar-refractivity contribution in [2.45, 2.75) is 18.1 Å². The molecule has 0 radical (unpaired) electrons. The molecule has 3 heterocycles. The van der Waals surface area contributed by atoms with Gasteiger partial charge in [0, 0.05) is 29.9 Å².